The molecule has 1 aromatic rings. The molecule has 1 rings (SSSR count). The molecule has 25 heavy (non-hydrogen) atoms. The molecule has 140 valence electrons. The number of carboxylic acids is 1. The van der Waals surface area contributed by atoms with Crippen LogP contribution in [-0.2, 0) is 16.0 Å². The topological polar surface area (TPSA) is 84.9 Å². The summed E-state index contributed by atoms with van der Waals surface area (Å²) in [4.78, 5) is 23.4. The van der Waals surface area contributed by atoms with Gasteiger partial charge in [0, 0.05) is 6.42 Å². The number of carbonyl (C=O) groups excluding carboxylic acids is 1. The lowest BCUT2D eigenvalue weighted by Crippen LogP contribution is -2.44. The number of benzene rings is 1. The van der Waals surface area contributed by atoms with E-state index in [9.17, 15) is 14.7 Å². The van der Waals surface area contributed by atoms with E-state index >= 15 is 0 Å². The zero-order valence-corrected chi connectivity index (χ0v) is 15.7. The Bertz CT molecular complexity index is 577. The Kier molecular flexibility index (Phi) is 7.74. The normalized spacial score (nSPS) is 12.6. The molecule has 0 heterocycles. The highest BCUT2D eigenvalue weighted by molar-refractivity contribution is 5.80. The summed E-state index contributed by atoms with van der Waals surface area (Å²) in [7, 11) is 0. The molecule has 1 aromatic carbocycles. The first-order valence-corrected chi connectivity index (χ1v) is 8.51. The van der Waals surface area contributed by atoms with Gasteiger partial charge >= 0.3 is 12.1 Å². The van der Waals surface area contributed by atoms with Gasteiger partial charge in [0.25, 0.3) is 0 Å². The van der Waals surface area contributed by atoms with Crippen LogP contribution in [0.25, 0.3) is 0 Å². The van der Waals surface area contributed by atoms with E-state index in [2.05, 4.69) is 19.2 Å². The van der Waals surface area contributed by atoms with Crippen molar-refractivity contribution in [3.63, 3.8) is 0 Å². The van der Waals surface area contributed by atoms with Crippen molar-refractivity contribution < 1.29 is 24.2 Å². The van der Waals surface area contributed by atoms with Gasteiger partial charge < -0.3 is 19.9 Å². The number of carbonyl (C=O) groups is 2. The van der Waals surface area contributed by atoms with Gasteiger partial charge in [-0.25, -0.2) is 9.59 Å². The molecule has 0 spiro atoms. The Morgan fingerprint density at radius 1 is 1.20 bits per heavy atom. The van der Waals surface area contributed by atoms with Crippen LogP contribution >= 0.6 is 0 Å². The molecule has 1 atom stereocenters. The number of carboxylic acid groups (broad SMARTS) is 1. The van der Waals surface area contributed by atoms with Crippen molar-refractivity contribution in [1.29, 1.82) is 0 Å². The summed E-state index contributed by atoms with van der Waals surface area (Å²) in [6.07, 6.45) is 0.275. The Labute approximate surface area is 149 Å². The molecule has 0 saturated heterocycles. The number of amides is 1. The molecule has 0 radical (unpaired) electrons. The van der Waals surface area contributed by atoms with E-state index in [1.807, 2.05) is 18.2 Å². The van der Waals surface area contributed by atoms with Gasteiger partial charge in [-0.3, -0.25) is 0 Å². The van der Waals surface area contributed by atoms with Gasteiger partial charge in [0.15, 0.2) is 0 Å². The fourth-order valence-corrected chi connectivity index (χ4v) is 2.09. The maximum Gasteiger partial charge on any atom is 0.408 e. The Morgan fingerprint density at radius 2 is 1.84 bits per heavy atom. The van der Waals surface area contributed by atoms with Crippen LogP contribution in [0.5, 0.6) is 5.75 Å². The Balaban J connectivity index is 2.78. The number of ether oxygens (including phenoxy) is 2. The minimum absolute atomic E-state index is 0.117. The van der Waals surface area contributed by atoms with Crippen molar-refractivity contribution >= 4 is 12.1 Å². The molecule has 0 fully saturated rings. The molecule has 0 aliphatic carbocycles. The van der Waals surface area contributed by atoms with Crippen LogP contribution in [0.4, 0.5) is 4.79 Å². The van der Waals surface area contributed by atoms with Crippen LogP contribution in [0.15, 0.2) is 24.3 Å². The van der Waals surface area contributed by atoms with E-state index < -0.39 is 23.7 Å². The maximum absolute atomic E-state index is 11.9. The number of aliphatic carboxylic acids is 1. The van der Waals surface area contributed by atoms with E-state index in [0.717, 1.165) is 12.0 Å². The van der Waals surface area contributed by atoms with E-state index in [-0.39, 0.29) is 6.42 Å². The fraction of sp³-hybridized carbons (Fsp3) is 0.579. The average molecular weight is 351 g/mol. The smallest absolute Gasteiger partial charge is 0.408 e. The first-order valence-electron chi connectivity index (χ1n) is 8.51. The Morgan fingerprint density at radius 3 is 2.40 bits per heavy atom. The first kappa shape index (κ1) is 20.8. The van der Waals surface area contributed by atoms with Crippen LogP contribution < -0.4 is 10.1 Å². The first-order chi connectivity index (χ1) is 11.6. The number of hydrogen-bond donors (Lipinski definition) is 2. The minimum atomic E-state index is -1.12. The zero-order valence-electron chi connectivity index (χ0n) is 15.7. The molecular weight excluding hydrogens is 322 g/mol. The predicted octanol–water partition coefficient (Wildman–Crippen LogP) is 3.63. The largest absolute Gasteiger partial charge is 0.493 e. The van der Waals surface area contributed by atoms with Crippen LogP contribution in [0.2, 0.25) is 0 Å². The second kappa shape index (κ2) is 9.30. The van der Waals surface area contributed by atoms with Crippen molar-refractivity contribution in [2.75, 3.05) is 6.61 Å². The van der Waals surface area contributed by atoms with Gasteiger partial charge in [0.1, 0.15) is 17.4 Å². The molecular formula is C19H29NO5. The molecule has 6 heteroatoms. The summed E-state index contributed by atoms with van der Waals surface area (Å²) in [5.41, 5.74) is 0.0417. The second-order valence-electron chi connectivity index (χ2n) is 7.38. The standard InChI is InChI=1S/C19H29NO5/c1-13(2)10-11-24-16-9-7-6-8-14(16)12-15(17(21)22)20-18(23)25-19(3,4)5/h6-9,13,15H,10-12H2,1-5H3,(H,20,23)(H,21,22). The highest BCUT2D eigenvalue weighted by Gasteiger charge is 2.25. The van der Waals surface area contributed by atoms with E-state index in [1.165, 1.54) is 0 Å². The summed E-state index contributed by atoms with van der Waals surface area (Å²) in [5.74, 6) is 0.0380. The van der Waals surface area contributed by atoms with Crippen LogP contribution in [-0.4, -0.2) is 35.4 Å². The monoisotopic (exact) mass is 351 g/mol. The molecule has 0 aliphatic heterocycles. The third kappa shape index (κ3) is 8.42. The third-order valence-electron chi connectivity index (χ3n) is 3.34. The molecule has 1 amide bonds. The lowest BCUT2D eigenvalue weighted by molar-refractivity contribution is -0.139. The Hall–Kier alpha value is -2.24. The molecule has 0 saturated carbocycles. The second-order valence-corrected chi connectivity index (χ2v) is 7.38. The van der Waals surface area contributed by atoms with Crippen molar-refractivity contribution in [3.8, 4) is 5.75 Å². The quantitative estimate of drug-likeness (QED) is 0.747. The van der Waals surface area contributed by atoms with Gasteiger partial charge in [-0.1, -0.05) is 32.0 Å². The van der Waals surface area contributed by atoms with Crippen LogP contribution in [0, 0.1) is 5.92 Å². The van der Waals surface area contributed by atoms with Crippen LogP contribution in [0.3, 0.4) is 0 Å². The number of alkyl carbamates (subject to hydrolysis) is 1. The lowest BCUT2D eigenvalue weighted by Gasteiger charge is -2.22. The highest BCUT2D eigenvalue weighted by Crippen LogP contribution is 2.21. The summed E-state index contributed by atoms with van der Waals surface area (Å²) in [6, 6.07) is 6.17. The summed E-state index contributed by atoms with van der Waals surface area (Å²) in [6.45, 7) is 9.95. The lowest BCUT2D eigenvalue weighted by atomic mass is 10.0. The number of nitrogens with one attached hydrogen (secondary N) is 1. The average Bonchev–Trinajstić information content (AvgIpc) is 2.45. The number of hydrogen-bond acceptors (Lipinski definition) is 4. The molecule has 6 nitrogen and oxygen atoms in total. The number of rotatable bonds is 8. The molecule has 0 aliphatic rings. The van der Waals surface area contributed by atoms with Crippen molar-refractivity contribution in [2.24, 2.45) is 5.92 Å². The summed E-state index contributed by atoms with van der Waals surface area (Å²) < 4.78 is 10.9. The SMILES string of the molecule is CC(C)CCOc1ccccc1CC(NC(=O)OC(C)(C)C)C(=O)O. The van der Waals surface area contributed by atoms with Crippen LogP contribution in [0.1, 0.15) is 46.6 Å². The van der Waals surface area contributed by atoms with E-state index in [1.54, 1.807) is 26.8 Å². The van der Waals surface area contributed by atoms with Gasteiger partial charge in [0.2, 0.25) is 0 Å². The van der Waals surface area contributed by atoms with E-state index in [0.29, 0.717) is 18.3 Å². The van der Waals surface area contributed by atoms with Crippen molar-refractivity contribution in [2.45, 2.75) is 59.1 Å². The molecule has 1 unspecified atom stereocenters. The maximum atomic E-state index is 11.9. The number of para-hydroxylation sites is 1. The molecule has 0 aromatic heterocycles. The van der Waals surface area contributed by atoms with Gasteiger partial charge in [-0.2, -0.15) is 0 Å². The summed E-state index contributed by atoms with van der Waals surface area (Å²) >= 11 is 0. The molecule has 0 bridgehead atoms. The summed E-state index contributed by atoms with van der Waals surface area (Å²) in [5, 5.41) is 11.8. The predicted molar refractivity (Wildman–Crippen MR) is 95.9 cm³/mol. The third-order valence-corrected chi connectivity index (χ3v) is 3.34. The van der Waals surface area contributed by atoms with E-state index in [4.69, 9.17) is 9.47 Å². The van der Waals surface area contributed by atoms with Crippen molar-refractivity contribution in [1.82, 2.24) is 5.32 Å². The molecule has 2 N–H and O–H groups in total. The zero-order chi connectivity index (χ0) is 19.0. The van der Waals surface area contributed by atoms with Gasteiger partial charge in [-0.05, 0) is 44.7 Å². The van der Waals surface area contributed by atoms with Gasteiger partial charge in [-0.15, -0.1) is 0 Å². The highest BCUT2D eigenvalue weighted by atomic mass is 16.6. The minimum Gasteiger partial charge on any atom is -0.493 e. The van der Waals surface area contributed by atoms with Crippen molar-refractivity contribution in [3.05, 3.63) is 29.8 Å². The van der Waals surface area contributed by atoms with Gasteiger partial charge in [0.05, 0.1) is 6.61 Å². The fourth-order valence-electron chi connectivity index (χ4n) is 2.09.